The number of carboxylic acids is 1. The van der Waals surface area contributed by atoms with Crippen LogP contribution in [0.4, 0.5) is 0 Å². The van der Waals surface area contributed by atoms with E-state index in [1.807, 2.05) is 11.7 Å². The molecule has 0 spiro atoms. The molecular weight excluding hydrogens is 912 g/mol. The molecule has 4 bridgehead atoms. The number of carbonyl (C=O) groups excluding carboxylic acids is 1. The quantitative estimate of drug-likeness (QED) is 0.0583. The number of fused-ring (bicyclic) bond motifs is 6. The van der Waals surface area contributed by atoms with Crippen LogP contribution in [0, 0.1) is 0 Å². The van der Waals surface area contributed by atoms with Gasteiger partial charge in [-0.2, -0.15) is 0 Å². The van der Waals surface area contributed by atoms with E-state index in [0.717, 1.165) is 40.7 Å². The van der Waals surface area contributed by atoms with Crippen LogP contribution in [0.3, 0.4) is 0 Å². The number of aliphatic hydroxyl groups is 1. The zero-order valence-electron chi connectivity index (χ0n) is 44.7. The number of aliphatic hydroxyl groups excluding tert-OH is 1. The van der Waals surface area contributed by atoms with Gasteiger partial charge in [-0.15, -0.1) is 0 Å². The zero-order valence-corrected chi connectivity index (χ0v) is 46.7. The van der Waals surface area contributed by atoms with Gasteiger partial charge >= 0.3 is 41.5 Å². The normalized spacial score (nSPS) is 26.0. The van der Waals surface area contributed by atoms with Gasteiger partial charge in [-0.3, -0.25) is 19.4 Å². The molecule has 72 heavy (non-hydrogen) atoms. The number of ether oxygens (including phenoxy) is 1. The van der Waals surface area contributed by atoms with Gasteiger partial charge in [0.05, 0.1) is 20.0 Å². The van der Waals surface area contributed by atoms with E-state index < -0.39 is 5.97 Å². The number of para-hydroxylation sites is 2. The number of carboxylic acid groups (broad SMARTS) is 1. The monoisotopic (exact) mass is 1000 g/mol. The summed E-state index contributed by atoms with van der Waals surface area (Å²) in [5, 5.41) is 26.3. The summed E-state index contributed by atoms with van der Waals surface area (Å²) in [5.41, 5.74) is 6.58. The summed E-state index contributed by atoms with van der Waals surface area (Å²) in [4.78, 5) is 29.5. The second-order valence-electron chi connectivity index (χ2n) is 21.9. The Labute approximate surface area is 454 Å². The molecule has 6 fully saturated rings. The van der Waals surface area contributed by atoms with Crippen molar-refractivity contribution in [2.24, 2.45) is 5.84 Å². The van der Waals surface area contributed by atoms with E-state index in [1.165, 1.54) is 203 Å². The molecule has 12 nitrogen and oxygen atoms in total. The third-order valence-corrected chi connectivity index (χ3v) is 17.3. The van der Waals surface area contributed by atoms with E-state index in [1.54, 1.807) is 6.92 Å². The van der Waals surface area contributed by atoms with Crippen molar-refractivity contribution in [3.8, 4) is 0 Å². The molecule has 5 N–H and O–H groups in total. The van der Waals surface area contributed by atoms with E-state index in [9.17, 15) is 14.7 Å². The number of rotatable bonds is 8. The molecular formula is C59H91N6NaO6. The minimum Gasteiger partial charge on any atom is -0.488 e. The smallest absolute Gasteiger partial charge is 0.488 e. The fraction of sp³-hybridized carbons (Fsp3) is 0.695. The molecule has 0 amide bonds. The summed E-state index contributed by atoms with van der Waals surface area (Å²) >= 11 is 0. The van der Waals surface area contributed by atoms with Gasteiger partial charge in [0.25, 0.3) is 0 Å². The molecule has 6 aliphatic rings. The van der Waals surface area contributed by atoms with Crippen LogP contribution in [0.1, 0.15) is 210 Å². The van der Waals surface area contributed by atoms with Crippen molar-refractivity contribution >= 4 is 33.7 Å². The van der Waals surface area contributed by atoms with Crippen LogP contribution < -0.4 is 35.4 Å². The van der Waals surface area contributed by atoms with E-state index in [4.69, 9.17) is 15.1 Å². The topological polar surface area (TPSA) is 161 Å². The molecule has 4 aliphatic heterocycles. The van der Waals surface area contributed by atoms with Gasteiger partial charge in [-0.1, -0.05) is 139 Å². The number of nitrogens with zero attached hydrogens (tertiary/aromatic N) is 5. The Morgan fingerprint density at radius 1 is 0.542 bits per heavy atom. The van der Waals surface area contributed by atoms with Crippen LogP contribution in [0.2, 0.25) is 0 Å². The summed E-state index contributed by atoms with van der Waals surface area (Å²) in [6, 6.07) is 22.5. The molecule has 2 aromatic heterocycles. The number of nitrogens with two attached hydrogens (primary N) is 1. The largest absolute Gasteiger partial charge is 1.00 e. The molecule has 4 saturated heterocycles. The second-order valence-corrected chi connectivity index (χ2v) is 21.9. The minimum atomic E-state index is -0.740. The first kappa shape index (κ1) is 58.5. The van der Waals surface area contributed by atoms with Gasteiger partial charge in [0, 0.05) is 89.1 Å². The first-order chi connectivity index (χ1) is 34.8. The molecule has 2 aromatic carbocycles. The van der Waals surface area contributed by atoms with Gasteiger partial charge in [-0.25, -0.2) is 0 Å². The van der Waals surface area contributed by atoms with Crippen molar-refractivity contribution in [3.63, 3.8) is 0 Å². The Balaban J connectivity index is 0.000000210. The number of carbonyl (C=O) groups is 2. The predicted octanol–water partition coefficient (Wildman–Crippen LogP) is 10.2. The molecule has 10 rings (SSSR count). The molecule has 2 aliphatic carbocycles. The summed E-state index contributed by atoms with van der Waals surface area (Å²) in [6.07, 6.45) is 43.6. The molecule has 6 atom stereocenters. The molecule has 13 heteroatoms. The maximum Gasteiger partial charge on any atom is 1.00 e. The summed E-state index contributed by atoms with van der Waals surface area (Å²) < 4.78 is 9.95. The van der Waals surface area contributed by atoms with Crippen molar-refractivity contribution < 1.29 is 59.3 Å². The Morgan fingerprint density at radius 2 is 0.847 bits per heavy atom. The van der Waals surface area contributed by atoms with Crippen molar-refractivity contribution in [3.05, 3.63) is 77.6 Å². The summed E-state index contributed by atoms with van der Waals surface area (Å²) in [7, 11) is 1.48. The van der Waals surface area contributed by atoms with Crippen molar-refractivity contribution in [2.45, 2.75) is 248 Å². The number of piperidine rings is 4. The Kier molecular flexibility index (Phi) is 24.9. The summed E-state index contributed by atoms with van der Waals surface area (Å²) in [6.45, 7) is 1.93. The van der Waals surface area contributed by atoms with E-state index >= 15 is 0 Å². The van der Waals surface area contributed by atoms with Crippen molar-refractivity contribution in [1.29, 1.82) is 0 Å². The minimum absolute atomic E-state index is 0. The van der Waals surface area contributed by atoms with E-state index in [-0.39, 0.29) is 48.6 Å². The van der Waals surface area contributed by atoms with E-state index in [2.05, 4.69) is 79.6 Å². The Morgan fingerprint density at radius 3 is 1.18 bits per heavy atom. The van der Waals surface area contributed by atoms with Gasteiger partial charge in [0.15, 0.2) is 0 Å². The molecule has 6 heterocycles. The predicted molar refractivity (Wildman–Crippen MR) is 287 cm³/mol. The first-order valence-electron chi connectivity index (χ1n) is 28.4. The third-order valence-electron chi connectivity index (χ3n) is 17.3. The first-order valence-corrected chi connectivity index (χ1v) is 28.4. The van der Waals surface area contributed by atoms with Gasteiger partial charge < -0.3 is 40.7 Å². The number of aliphatic carboxylic acids is 1. The molecule has 2 unspecified atom stereocenters. The maximum absolute atomic E-state index is 12.0. The maximum atomic E-state index is 12.0. The van der Waals surface area contributed by atoms with Crippen LogP contribution in [0.15, 0.2) is 60.9 Å². The fourth-order valence-corrected chi connectivity index (χ4v) is 14.4. The molecule has 0 radical (unpaired) electrons. The van der Waals surface area contributed by atoms with Crippen LogP contribution in [-0.4, -0.2) is 96.3 Å². The number of hydrogen-bond donors (Lipinski definition) is 4. The molecule has 2 saturated carbocycles. The third kappa shape index (κ3) is 15.7. The average Bonchev–Trinajstić information content (AvgIpc) is 3.92. The van der Waals surface area contributed by atoms with Gasteiger partial charge in [-0.05, 0) is 107 Å². The standard InChI is InChI=1S/C29H42N2O2.C28H40N2O2.C2H6O.H3N2O.Na/c1-33-29(32)18-22-21-30(28-17-10-9-16-27(22)28)26-19-24-14-11-15-25(20-26)31(24)23-12-7-5-3-2-4-6-8-13-23;31-28(32)17-21-20-29(27-16-9-8-15-26(21)27)25-18-23-13-10-14-24(19-25)30(23)22-11-6-4-2-1-3-5-7-12-22;2*1-2-3;/h9-10,16-17,21,23-26H,2-8,11-15,18-20H2,1H3;8-9,15-16,20,22-25H,1-7,10-14,17-19H2,(H,31,32);3H,2H2,1H3;3H,1H2;/q;;;-1;+1/t24-,25+,26?;23-,24+,25?;;;. The molecule has 4 aromatic rings. The number of esters is 1. The second kappa shape index (κ2) is 30.7. The number of aromatic nitrogens is 2. The number of benzene rings is 2. The molecule has 394 valence electrons. The Hall–Kier alpha value is -2.78. The zero-order chi connectivity index (χ0) is 50.0. The van der Waals surface area contributed by atoms with Crippen LogP contribution in [0.5, 0.6) is 0 Å². The number of hydrogen-bond acceptors (Lipinski definition) is 8. The Bertz CT molecular complexity index is 2160. The summed E-state index contributed by atoms with van der Waals surface area (Å²) in [5.74, 6) is 3.14. The van der Waals surface area contributed by atoms with Gasteiger partial charge in [0.2, 0.25) is 0 Å². The SMILES string of the molecule is CCO.COC(=O)Cc1cn(C2C[C@H]3CCC[C@@H](C2)N3C2CCCCCCCCC2)c2ccccc12.N[N-]O.O=C(O)Cc1cn(C2C[C@H]3CCC[C@@H](C2)N3C2CCCCCCCCC2)c2ccccc12.[Na+]. The van der Waals surface area contributed by atoms with Crippen LogP contribution >= 0.6 is 0 Å². The van der Waals surface area contributed by atoms with Crippen LogP contribution in [-0.2, 0) is 27.2 Å². The van der Waals surface area contributed by atoms with Crippen molar-refractivity contribution in [2.75, 3.05) is 13.7 Å². The van der Waals surface area contributed by atoms with E-state index in [0.29, 0.717) is 30.6 Å². The fourth-order valence-electron chi connectivity index (χ4n) is 14.4. The average molecular weight is 1000 g/mol. The van der Waals surface area contributed by atoms with Crippen LogP contribution in [0.25, 0.3) is 27.4 Å². The van der Waals surface area contributed by atoms with Gasteiger partial charge in [0.1, 0.15) is 0 Å². The number of methoxy groups -OCH3 is 1. The van der Waals surface area contributed by atoms with Crippen molar-refractivity contribution in [1.82, 2.24) is 18.9 Å².